The first-order valence-corrected chi connectivity index (χ1v) is 16.9. The third-order valence-electron chi connectivity index (χ3n) is 8.63. The molecule has 3 N–H and O–H groups in total. The Morgan fingerprint density at radius 2 is 1.76 bits per heavy atom. The van der Waals surface area contributed by atoms with Crippen LogP contribution in [0.2, 0.25) is 0 Å². The molecule has 5 amide bonds. The van der Waals surface area contributed by atoms with E-state index in [2.05, 4.69) is 10.3 Å². The molecule has 4 aromatic rings. The maximum atomic E-state index is 14.4. The van der Waals surface area contributed by atoms with E-state index in [1.165, 1.54) is 16.2 Å². The van der Waals surface area contributed by atoms with Crippen LogP contribution >= 0.6 is 11.3 Å². The monoisotopic (exact) mass is 684 g/mol. The van der Waals surface area contributed by atoms with Crippen LogP contribution in [0.3, 0.4) is 0 Å². The molecule has 1 aromatic heterocycles. The minimum Gasteiger partial charge on any atom is -0.410 e. The molecule has 2 aliphatic heterocycles. The van der Waals surface area contributed by atoms with Gasteiger partial charge in [0.25, 0.3) is 0 Å². The SMILES string of the molecule is CC(C)N(C(=O)NCc1ccccc1)N1CC(=O)N2[C@@H](Cc3ccc(OC(=O)N(C)C)cc3)C(=O)N(Cc3cccc4sc(N)nc34)C[C@@H]21. The van der Waals surface area contributed by atoms with Crippen molar-refractivity contribution in [2.24, 2.45) is 0 Å². The molecule has 3 aromatic carbocycles. The molecule has 0 saturated carbocycles. The van der Waals surface area contributed by atoms with E-state index in [0.717, 1.165) is 26.9 Å². The number of aromatic nitrogens is 1. The minimum atomic E-state index is -0.840. The summed E-state index contributed by atoms with van der Waals surface area (Å²) in [6, 6.07) is 20.9. The van der Waals surface area contributed by atoms with Crippen molar-refractivity contribution in [2.75, 3.05) is 32.9 Å². The molecular formula is C35H40N8O5S. The molecule has 2 fully saturated rings. The molecule has 0 spiro atoms. The van der Waals surface area contributed by atoms with Crippen molar-refractivity contribution < 1.29 is 23.9 Å². The van der Waals surface area contributed by atoms with Crippen molar-refractivity contribution in [2.45, 2.75) is 51.6 Å². The van der Waals surface area contributed by atoms with E-state index in [1.54, 1.807) is 58.2 Å². The fraction of sp³-hybridized carbons (Fsp3) is 0.343. The van der Waals surface area contributed by atoms with Crippen LogP contribution in [0.1, 0.15) is 30.5 Å². The van der Waals surface area contributed by atoms with Gasteiger partial charge in [-0.25, -0.2) is 14.6 Å². The van der Waals surface area contributed by atoms with Gasteiger partial charge in [-0.2, -0.15) is 5.01 Å². The van der Waals surface area contributed by atoms with E-state index in [4.69, 9.17) is 10.5 Å². The number of carbonyl (C=O) groups is 4. The van der Waals surface area contributed by atoms with E-state index in [-0.39, 0.29) is 49.9 Å². The molecule has 2 saturated heterocycles. The van der Waals surface area contributed by atoms with Crippen molar-refractivity contribution in [1.29, 1.82) is 0 Å². The third kappa shape index (κ3) is 7.15. The number of nitrogens with zero attached hydrogens (tertiary/aromatic N) is 6. The first-order valence-electron chi connectivity index (χ1n) is 16.1. The molecule has 0 unspecified atom stereocenters. The Hall–Kier alpha value is -5.21. The summed E-state index contributed by atoms with van der Waals surface area (Å²) in [6.45, 7) is 4.51. The van der Waals surface area contributed by atoms with E-state index < -0.39 is 18.3 Å². The highest BCUT2D eigenvalue weighted by molar-refractivity contribution is 7.22. The number of hydrogen-bond acceptors (Lipinski definition) is 9. The summed E-state index contributed by atoms with van der Waals surface area (Å²) in [7, 11) is 3.20. The summed E-state index contributed by atoms with van der Waals surface area (Å²) in [4.78, 5) is 63.2. The lowest BCUT2D eigenvalue weighted by Crippen LogP contribution is -2.66. The molecule has 3 heterocycles. The number of piperazine rings is 1. The molecule has 256 valence electrons. The van der Waals surface area contributed by atoms with E-state index in [9.17, 15) is 19.2 Å². The number of nitrogens with one attached hydrogen (secondary N) is 1. The summed E-state index contributed by atoms with van der Waals surface area (Å²) >= 11 is 1.38. The van der Waals surface area contributed by atoms with Gasteiger partial charge in [0.05, 0.1) is 23.3 Å². The van der Waals surface area contributed by atoms with Crippen molar-refractivity contribution in [1.82, 2.24) is 35.0 Å². The number of urea groups is 1. The molecule has 0 radical (unpaired) electrons. The number of benzene rings is 3. The number of hydrogen-bond donors (Lipinski definition) is 2. The van der Waals surface area contributed by atoms with Crippen molar-refractivity contribution in [3.8, 4) is 5.75 Å². The van der Waals surface area contributed by atoms with Crippen LogP contribution in [-0.2, 0) is 29.1 Å². The molecule has 2 aliphatic rings. The number of para-hydroxylation sites is 1. The van der Waals surface area contributed by atoms with Gasteiger partial charge >= 0.3 is 12.1 Å². The van der Waals surface area contributed by atoms with E-state index in [1.807, 2.05) is 62.4 Å². The number of nitrogen functional groups attached to an aromatic ring is 1. The fourth-order valence-electron chi connectivity index (χ4n) is 6.33. The van der Waals surface area contributed by atoms with Crippen LogP contribution in [0.5, 0.6) is 5.75 Å². The molecule has 0 bridgehead atoms. The predicted octanol–water partition coefficient (Wildman–Crippen LogP) is 3.90. The number of hydrazine groups is 1. The third-order valence-corrected chi connectivity index (χ3v) is 9.48. The second kappa shape index (κ2) is 14.1. The Morgan fingerprint density at radius 1 is 1.02 bits per heavy atom. The van der Waals surface area contributed by atoms with Crippen LogP contribution < -0.4 is 15.8 Å². The van der Waals surface area contributed by atoms with Crippen molar-refractivity contribution in [3.05, 3.63) is 89.5 Å². The smallest absolute Gasteiger partial charge is 0.410 e. The average Bonchev–Trinajstić information content (AvgIpc) is 3.61. The highest BCUT2D eigenvalue weighted by Crippen LogP contribution is 2.33. The highest BCUT2D eigenvalue weighted by Gasteiger charge is 2.52. The lowest BCUT2D eigenvalue weighted by molar-refractivity contribution is -0.158. The molecule has 49 heavy (non-hydrogen) atoms. The number of nitrogens with two attached hydrogens (primary N) is 1. The maximum Gasteiger partial charge on any atom is 0.414 e. The standard InChI is InChI=1S/C35H40N8O5S/c1-22(2)43(34(46)37-18-24-9-6-5-7-10-24)41-21-30(44)42-27(17-23-13-15-26(16-14-23)48-35(47)39(3)4)32(45)40(20-29(41)42)19-25-11-8-12-28-31(25)38-33(36)49-28/h5-16,22,27,29H,17-21H2,1-4H3,(H2,36,38)(H,37,46)/t27-,29+/m0/s1. The zero-order valence-corrected chi connectivity index (χ0v) is 28.7. The Kier molecular flexibility index (Phi) is 9.69. The number of rotatable bonds is 9. The molecule has 0 aliphatic carbocycles. The first kappa shape index (κ1) is 33.7. The molecule has 13 nitrogen and oxygen atoms in total. The van der Waals surface area contributed by atoms with Gasteiger partial charge in [0.15, 0.2) is 5.13 Å². The van der Waals surface area contributed by atoms with Crippen LogP contribution in [-0.4, -0.2) is 99.1 Å². The summed E-state index contributed by atoms with van der Waals surface area (Å²) in [5, 5.41) is 6.82. The van der Waals surface area contributed by atoms with Crippen LogP contribution in [0.25, 0.3) is 10.2 Å². The normalized spacial score (nSPS) is 17.8. The zero-order chi connectivity index (χ0) is 34.8. The topological polar surface area (TPSA) is 145 Å². The van der Waals surface area contributed by atoms with Gasteiger partial charge < -0.3 is 30.5 Å². The zero-order valence-electron chi connectivity index (χ0n) is 27.9. The minimum absolute atomic E-state index is 0.0587. The summed E-state index contributed by atoms with van der Waals surface area (Å²) in [6.07, 6.45) is -0.876. The fourth-order valence-corrected chi connectivity index (χ4v) is 7.11. The second-order valence-electron chi connectivity index (χ2n) is 12.6. The molecule has 2 atom stereocenters. The van der Waals surface area contributed by atoms with Gasteiger partial charge in [-0.15, -0.1) is 0 Å². The number of anilines is 1. The van der Waals surface area contributed by atoms with Crippen LogP contribution in [0.15, 0.2) is 72.8 Å². The maximum absolute atomic E-state index is 14.4. The molecule has 14 heteroatoms. The summed E-state index contributed by atoms with van der Waals surface area (Å²) < 4.78 is 6.29. The number of carbonyl (C=O) groups excluding carboxylic acids is 4. The predicted molar refractivity (Wildman–Crippen MR) is 186 cm³/mol. The van der Waals surface area contributed by atoms with Crippen molar-refractivity contribution in [3.63, 3.8) is 0 Å². The van der Waals surface area contributed by atoms with E-state index in [0.29, 0.717) is 17.4 Å². The van der Waals surface area contributed by atoms with Gasteiger partial charge in [0.1, 0.15) is 18.0 Å². The van der Waals surface area contributed by atoms with Crippen LogP contribution in [0.4, 0.5) is 14.7 Å². The molecular weight excluding hydrogens is 645 g/mol. The number of thiazole rings is 1. The number of fused-ring (bicyclic) bond motifs is 2. The summed E-state index contributed by atoms with van der Waals surface area (Å²) in [5.74, 6) is -0.0834. The Balaban J connectivity index is 1.30. The Bertz CT molecular complexity index is 1850. The number of amides is 5. The Morgan fingerprint density at radius 3 is 2.45 bits per heavy atom. The van der Waals surface area contributed by atoms with E-state index >= 15 is 0 Å². The molecule has 6 rings (SSSR count). The number of ether oxygens (including phenoxy) is 1. The highest BCUT2D eigenvalue weighted by atomic mass is 32.1. The van der Waals surface area contributed by atoms with Gasteiger partial charge in [0, 0.05) is 39.6 Å². The lowest BCUT2D eigenvalue weighted by atomic mass is 9.99. The van der Waals surface area contributed by atoms with Gasteiger partial charge in [-0.1, -0.05) is 65.9 Å². The quantitative estimate of drug-likeness (QED) is 0.270. The second-order valence-corrected chi connectivity index (χ2v) is 13.7. The first-order chi connectivity index (χ1) is 23.5. The Labute approximate surface area is 288 Å². The van der Waals surface area contributed by atoms with Crippen LogP contribution in [0, 0.1) is 0 Å². The lowest BCUT2D eigenvalue weighted by Gasteiger charge is -2.47. The van der Waals surface area contributed by atoms with Gasteiger partial charge in [-0.3, -0.25) is 14.6 Å². The average molecular weight is 685 g/mol. The van der Waals surface area contributed by atoms with Crippen molar-refractivity contribution >= 4 is 50.6 Å². The summed E-state index contributed by atoms with van der Waals surface area (Å²) in [5.41, 5.74) is 9.35. The van der Waals surface area contributed by atoms with Gasteiger partial charge in [0.2, 0.25) is 11.8 Å². The van der Waals surface area contributed by atoms with Gasteiger partial charge in [-0.05, 0) is 48.7 Å². The largest absolute Gasteiger partial charge is 0.414 e.